The van der Waals surface area contributed by atoms with Gasteiger partial charge in [-0.15, -0.1) is 0 Å². The van der Waals surface area contributed by atoms with Crippen LogP contribution in [0.1, 0.15) is 23.2 Å². The van der Waals surface area contributed by atoms with E-state index in [1.54, 1.807) is 12.1 Å². The van der Waals surface area contributed by atoms with Gasteiger partial charge in [0.1, 0.15) is 0 Å². The van der Waals surface area contributed by atoms with Crippen molar-refractivity contribution in [3.8, 4) is 0 Å². The number of halogens is 1. The molecule has 1 heterocycles. The van der Waals surface area contributed by atoms with Gasteiger partial charge in [0.25, 0.3) is 0 Å². The Balaban J connectivity index is 1.85. The molecule has 2 rings (SSSR count). The standard InChI is InChI=1S/C13H16ClNO3/c14-12-7-10(1-2-11(12)13(16)17)15-5-3-9-4-6-18-8-9/h1-2,7,9,15H,3-6,8H2,(H,16,17). The Kier molecular flexibility index (Phi) is 4.44. The summed E-state index contributed by atoms with van der Waals surface area (Å²) in [6.45, 7) is 2.56. The number of carboxylic acid groups (broad SMARTS) is 1. The van der Waals surface area contributed by atoms with Crippen molar-refractivity contribution >= 4 is 23.3 Å². The lowest BCUT2D eigenvalue weighted by atomic mass is 10.1. The van der Waals surface area contributed by atoms with Crippen molar-refractivity contribution in [1.29, 1.82) is 0 Å². The molecular weight excluding hydrogens is 254 g/mol. The second-order valence-corrected chi connectivity index (χ2v) is 4.85. The van der Waals surface area contributed by atoms with E-state index in [0.717, 1.165) is 38.3 Å². The average molecular weight is 270 g/mol. The van der Waals surface area contributed by atoms with Gasteiger partial charge in [0.2, 0.25) is 0 Å². The second kappa shape index (κ2) is 6.07. The third-order valence-corrected chi connectivity index (χ3v) is 3.42. The summed E-state index contributed by atoms with van der Waals surface area (Å²) in [7, 11) is 0. The van der Waals surface area contributed by atoms with Gasteiger partial charge in [-0.25, -0.2) is 4.79 Å². The molecule has 5 heteroatoms. The molecule has 1 fully saturated rings. The third kappa shape index (κ3) is 3.37. The molecule has 1 aliphatic rings. The molecule has 0 aliphatic carbocycles. The van der Waals surface area contributed by atoms with Crippen molar-refractivity contribution in [3.05, 3.63) is 28.8 Å². The normalized spacial score (nSPS) is 18.8. The zero-order chi connectivity index (χ0) is 13.0. The largest absolute Gasteiger partial charge is 0.478 e. The van der Waals surface area contributed by atoms with Crippen LogP contribution in [-0.2, 0) is 4.74 Å². The lowest BCUT2D eigenvalue weighted by Gasteiger charge is -2.10. The van der Waals surface area contributed by atoms with Crippen LogP contribution in [-0.4, -0.2) is 30.8 Å². The van der Waals surface area contributed by atoms with Crippen molar-refractivity contribution < 1.29 is 14.6 Å². The number of aromatic carboxylic acids is 1. The zero-order valence-corrected chi connectivity index (χ0v) is 10.7. The molecule has 18 heavy (non-hydrogen) atoms. The first-order valence-electron chi connectivity index (χ1n) is 6.01. The minimum atomic E-state index is -1.00. The molecule has 1 aromatic carbocycles. The first-order chi connectivity index (χ1) is 8.66. The quantitative estimate of drug-likeness (QED) is 0.863. The average Bonchev–Trinajstić information content (AvgIpc) is 2.81. The van der Waals surface area contributed by atoms with Crippen molar-refractivity contribution in [2.24, 2.45) is 5.92 Å². The number of anilines is 1. The van der Waals surface area contributed by atoms with E-state index in [4.69, 9.17) is 21.4 Å². The molecule has 1 atom stereocenters. The molecule has 2 N–H and O–H groups in total. The van der Waals surface area contributed by atoms with Gasteiger partial charge >= 0.3 is 5.97 Å². The molecule has 1 saturated heterocycles. The summed E-state index contributed by atoms with van der Waals surface area (Å²) in [4.78, 5) is 10.8. The van der Waals surface area contributed by atoms with E-state index >= 15 is 0 Å². The smallest absolute Gasteiger partial charge is 0.337 e. The Labute approximate surface area is 111 Å². The Bertz CT molecular complexity index is 430. The van der Waals surface area contributed by atoms with Gasteiger partial charge in [0.05, 0.1) is 10.6 Å². The molecule has 1 aromatic rings. The molecular formula is C13H16ClNO3. The van der Waals surface area contributed by atoms with Crippen LogP contribution in [0, 0.1) is 5.92 Å². The summed E-state index contributed by atoms with van der Waals surface area (Å²) in [5.41, 5.74) is 0.982. The molecule has 1 aliphatic heterocycles. The van der Waals surface area contributed by atoms with Crippen LogP contribution in [0.2, 0.25) is 5.02 Å². The first kappa shape index (κ1) is 13.2. The van der Waals surface area contributed by atoms with E-state index < -0.39 is 5.97 Å². The van der Waals surface area contributed by atoms with E-state index in [1.165, 1.54) is 6.07 Å². The van der Waals surface area contributed by atoms with Crippen molar-refractivity contribution in [2.75, 3.05) is 25.1 Å². The highest BCUT2D eigenvalue weighted by atomic mass is 35.5. The summed E-state index contributed by atoms with van der Waals surface area (Å²) < 4.78 is 5.31. The van der Waals surface area contributed by atoms with Crippen LogP contribution in [0.4, 0.5) is 5.69 Å². The van der Waals surface area contributed by atoms with Crippen molar-refractivity contribution in [1.82, 2.24) is 0 Å². The van der Waals surface area contributed by atoms with Crippen LogP contribution in [0.3, 0.4) is 0 Å². The van der Waals surface area contributed by atoms with Gasteiger partial charge in [0.15, 0.2) is 0 Å². The van der Waals surface area contributed by atoms with Crippen LogP contribution in [0.5, 0.6) is 0 Å². The minimum absolute atomic E-state index is 0.131. The Morgan fingerprint density at radius 1 is 1.56 bits per heavy atom. The maximum absolute atomic E-state index is 10.8. The monoisotopic (exact) mass is 269 g/mol. The fourth-order valence-corrected chi connectivity index (χ4v) is 2.29. The molecule has 0 amide bonds. The molecule has 98 valence electrons. The van der Waals surface area contributed by atoms with Crippen LogP contribution in [0.15, 0.2) is 18.2 Å². The lowest BCUT2D eigenvalue weighted by Crippen LogP contribution is -2.09. The zero-order valence-electron chi connectivity index (χ0n) is 9.99. The number of benzene rings is 1. The highest BCUT2D eigenvalue weighted by Crippen LogP contribution is 2.22. The van der Waals surface area contributed by atoms with Gasteiger partial charge in [-0.3, -0.25) is 0 Å². The number of ether oxygens (including phenoxy) is 1. The van der Waals surface area contributed by atoms with Gasteiger partial charge in [-0.1, -0.05) is 11.6 Å². The third-order valence-electron chi connectivity index (χ3n) is 3.11. The number of carbonyl (C=O) groups is 1. The second-order valence-electron chi connectivity index (χ2n) is 4.44. The summed E-state index contributed by atoms with van der Waals surface area (Å²) >= 11 is 5.89. The molecule has 1 unspecified atom stereocenters. The number of hydrogen-bond donors (Lipinski definition) is 2. The fraction of sp³-hybridized carbons (Fsp3) is 0.462. The van der Waals surface area contributed by atoms with Gasteiger partial charge in [-0.2, -0.15) is 0 Å². The Hall–Kier alpha value is -1.26. The van der Waals surface area contributed by atoms with E-state index in [0.29, 0.717) is 5.92 Å². The maximum atomic E-state index is 10.8. The summed E-state index contributed by atoms with van der Waals surface area (Å²) in [6.07, 6.45) is 2.18. The fourth-order valence-electron chi connectivity index (χ4n) is 2.03. The molecule has 0 spiro atoms. The molecule has 4 nitrogen and oxygen atoms in total. The summed E-state index contributed by atoms with van der Waals surface area (Å²) in [6, 6.07) is 4.91. The molecule has 0 aromatic heterocycles. The predicted molar refractivity (Wildman–Crippen MR) is 70.4 cm³/mol. The van der Waals surface area contributed by atoms with E-state index in [2.05, 4.69) is 5.32 Å². The van der Waals surface area contributed by atoms with Crippen LogP contribution in [0.25, 0.3) is 0 Å². The number of carboxylic acids is 1. The minimum Gasteiger partial charge on any atom is -0.478 e. The predicted octanol–water partition coefficient (Wildman–Crippen LogP) is 2.88. The van der Waals surface area contributed by atoms with E-state index in [-0.39, 0.29) is 10.6 Å². The molecule has 0 radical (unpaired) electrons. The van der Waals surface area contributed by atoms with Crippen LogP contribution >= 0.6 is 11.6 Å². The van der Waals surface area contributed by atoms with E-state index in [1.807, 2.05) is 0 Å². The van der Waals surface area contributed by atoms with E-state index in [9.17, 15) is 4.79 Å². The number of hydrogen-bond acceptors (Lipinski definition) is 3. The highest BCUT2D eigenvalue weighted by Gasteiger charge is 2.15. The van der Waals surface area contributed by atoms with Gasteiger partial charge < -0.3 is 15.2 Å². The van der Waals surface area contributed by atoms with Crippen molar-refractivity contribution in [2.45, 2.75) is 12.8 Å². The topological polar surface area (TPSA) is 58.6 Å². The first-order valence-corrected chi connectivity index (χ1v) is 6.39. The van der Waals surface area contributed by atoms with Gasteiger partial charge in [0, 0.05) is 25.4 Å². The summed E-state index contributed by atoms with van der Waals surface area (Å²) in [5.74, 6) is -0.374. The number of rotatable bonds is 5. The highest BCUT2D eigenvalue weighted by molar-refractivity contribution is 6.33. The SMILES string of the molecule is O=C(O)c1ccc(NCCC2CCOC2)cc1Cl. The lowest BCUT2D eigenvalue weighted by molar-refractivity contribution is 0.0697. The van der Waals surface area contributed by atoms with Gasteiger partial charge in [-0.05, 0) is 37.0 Å². The Morgan fingerprint density at radius 2 is 2.39 bits per heavy atom. The Morgan fingerprint density at radius 3 is 3.00 bits per heavy atom. The van der Waals surface area contributed by atoms with Crippen molar-refractivity contribution in [3.63, 3.8) is 0 Å². The maximum Gasteiger partial charge on any atom is 0.337 e. The summed E-state index contributed by atoms with van der Waals surface area (Å²) in [5, 5.41) is 12.4. The number of nitrogens with one attached hydrogen (secondary N) is 1. The van der Waals surface area contributed by atoms with Crippen LogP contribution < -0.4 is 5.32 Å². The molecule has 0 bridgehead atoms. The molecule has 0 saturated carbocycles.